The maximum Gasteiger partial charge on any atom is 0.102 e. The van der Waals surface area contributed by atoms with Crippen LogP contribution < -0.4 is 0 Å². The minimum absolute atomic E-state index is 0.103. The van der Waals surface area contributed by atoms with E-state index in [2.05, 4.69) is 5.10 Å². The summed E-state index contributed by atoms with van der Waals surface area (Å²) in [5, 5.41) is 14.8. The van der Waals surface area contributed by atoms with E-state index in [1.165, 1.54) is 0 Å². The van der Waals surface area contributed by atoms with E-state index >= 15 is 0 Å². The summed E-state index contributed by atoms with van der Waals surface area (Å²) in [4.78, 5) is 0. The summed E-state index contributed by atoms with van der Waals surface area (Å²) in [6.07, 6.45) is 0. The van der Waals surface area contributed by atoms with E-state index < -0.39 is 0 Å². The smallest absolute Gasteiger partial charge is 0.102 e. The number of aliphatic hydroxyl groups is 1. The molecule has 2 aromatic rings. The highest BCUT2D eigenvalue weighted by atomic mass is 35.5. The van der Waals surface area contributed by atoms with E-state index in [0.29, 0.717) is 21.4 Å². The summed E-state index contributed by atoms with van der Waals surface area (Å²) < 4.78 is 1.61. The lowest BCUT2D eigenvalue weighted by Crippen LogP contribution is -2.04. The molecule has 0 atom stereocenters. The van der Waals surface area contributed by atoms with Crippen LogP contribution in [0.1, 0.15) is 17.0 Å². The van der Waals surface area contributed by atoms with Gasteiger partial charge in [0.1, 0.15) is 5.69 Å². The number of rotatable bonds is 2. The average molecular weight is 271 g/mol. The second kappa shape index (κ2) is 4.69. The first-order valence-corrected chi connectivity index (χ1v) is 5.92. The Balaban J connectivity index is 2.73. The predicted octanol–water partition coefficient (Wildman–Crippen LogP) is 3.29. The molecule has 3 nitrogen and oxygen atoms in total. The molecule has 5 heteroatoms. The van der Waals surface area contributed by atoms with Crippen molar-refractivity contribution in [1.82, 2.24) is 9.78 Å². The molecular weight excluding hydrogens is 259 g/mol. The van der Waals surface area contributed by atoms with Crippen molar-refractivity contribution in [3.8, 4) is 5.69 Å². The Labute approximate surface area is 110 Å². The fourth-order valence-electron chi connectivity index (χ4n) is 1.71. The maximum absolute atomic E-state index is 9.41. The molecule has 0 aliphatic carbocycles. The largest absolute Gasteiger partial charge is 0.390 e. The zero-order valence-electron chi connectivity index (χ0n) is 9.54. The summed E-state index contributed by atoms with van der Waals surface area (Å²) in [5.74, 6) is 0. The molecule has 0 spiro atoms. The van der Waals surface area contributed by atoms with Crippen LogP contribution in [0, 0.1) is 13.8 Å². The molecule has 1 N–H and O–H groups in total. The number of hydrogen-bond acceptors (Lipinski definition) is 2. The third kappa shape index (κ3) is 2.06. The lowest BCUT2D eigenvalue weighted by Gasteiger charge is -2.10. The van der Waals surface area contributed by atoms with Crippen molar-refractivity contribution < 1.29 is 5.11 Å². The van der Waals surface area contributed by atoms with Gasteiger partial charge in [-0.2, -0.15) is 5.10 Å². The van der Waals surface area contributed by atoms with Gasteiger partial charge in [-0.15, -0.1) is 0 Å². The summed E-state index contributed by atoms with van der Waals surface area (Å²) in [6.45, 7) is 3.69. The molecule has 17 heavy (non-hydrogen) atoms. The second-order valence-electron chi connectivity index (χ2n) is 3.80. The third-order valence-corrected chi connectivity index (χ3v) is 3.39. The van der Waals surface area contributed by atoms with Crippen molar-refractivity contribution in [2.24, 2.45) is 0 Å². The summed E-state index contributed by atoms with van der Waals surface area (Å²) >= 11 is 12.3. The van der Waals surface area contributed by atoms with Crippen LogP contribution in [-0.4, -0.2) is 14.9 Å². The molecule has 90 valence electrons. The number of benzene rings is 1. The Bertz CT molecular complexity index is 544. The summed E-state index contributed by atoms with van der Waals surface area (Å²) in [6, 6.07) is 5.27. The molecule has 1 heterocycles. The van der Waals surface area contributed by atoms with E-state index in [4.69, 9.17) is 23.2 Å². The molecule has 1 aromatic carbocycles. The van der Waals surface area contributed by atoms with Crippen LogP contribution in [0.5, 0.6) is 0 Å². The SMILES string of the molecule is Cc1nn(-c2c(Cl)cccc2Cl)c(CO)c1C. The molecule has 0 aliphatic heterocycles. The zero-order chi connectivity index (χ0) is 12.6. The van der Waals surface area contributed by atoms with Crippen molar-refractivity contribution in [3.05, 3.63) is 45.2 Å². The third-order valence-electron chi connectivity index (χ3n) is 2.78. The van der Waals surface area contributed by atoms with Gasteiger partial charge < -0.3 is 5.11 Å². The Hall–Kier alpha value is -1.03. The second-order valence-corrected chi connectivity index (χ2v) is 4.61. The number of aromatic nitrogens is 2. The Morgan fingerprint density at radius 3 is 2.35 bits per heavy atom. The monoisotopic (exact) mass is 270 g/mol. The van der Waals surface area contributed by atoms with E-state index in [1.807, 2.05) is 13.8 Å². The van der Waals surface area contributed by atoms with Gasteiger partial charge in [0.15, 0.2) is 0 Å². The highest BCUT2D eigenvalue weighted by Crippen LogP contribution is 2.30. The quantitative estimate of drug-likeness (QED) is 0.910. The van der Waals surface area contributed by atoms with Gasteiger partial charge in [-0.3, -0.25) is 0 Å². The lowest BCUT2D eigenvalue weighted by atomic mass is 10.2. The van der Waals surface area contributed by atoms with Crippen LogP contribution in [0.25, 0.3) is 5.69 Å². The number of aryl methyl sites for hydroxylation is 1. The molecule has 0 bridgehead atoms. The fraction of sp³-hybridized carbons (Fsp3) is 0.250. The summed E-state index contributed by atoms with van der Waals surface area (Å²) in [5.41, 5.74) is 3.11. The summed E-state index contributed by atoms with van der Waals surface area (Å²) in [7, 11) is 0. The molecule has 2 rings (SSSR count). The van der Waals surface area contributed by atoms with Crippen molar-refractivity contribution in [3.63, 3.8) is 0 Å². The van der Waals surface area contributed by atoms with E-state index in [1.54, 1.807) is 22.9 Å². The standard InChI is InChI=1S/C12H12Cl2N2O/c1-7-8(2)15-16(11(7)6-17)12-9(13)4-3-5-10(12)14/h3-5,17H,6H2,1-2H3. The average Bonchev–Trinajstić information content (AvgIpc) is 2.55. The normalized spacial score (nSPS) is 10.9. The number of halogens is 2. The first-order valence-electron chi connectivity index (χ1n) is 5.16. The first-order chi connectivity index (χ1) is 8.06. The molecule has 0 unspecified atom stereocenters. The van der Waals surface area contributed by atoms with Crippen molar-refractivity contribution >= 4 is 23.2 Å². The van der Waals surface area contributed by atoms with Crippen LogP contribution in [0.3, 0.4) is 0 Å². The Morgan fingerprint density at radius 1 is 1.24 bits per heavy atom. The van der Waals surface area contributed by atoms with Gasteiger partial charge in [0.2, 0.25) is 0 Å². The van der Waals surface area contributed by atoms with Crippen molar-refractivity contribution in [2.75, 3.05) is 0 Å². The minimum Gasteiger partial charge on any atom is -0.390 e. The predicted molar refractivity (Wildman–Crippen MR) is 69.0 cm³/mol. The highest BCUT2D eigenvalue weighted by molar-refractivity contribution is 6.37. The maximum atomic E-state index is 9.41. The van der Waals surface area contributed by atoms with Gasteiger partial charge in [-0.05, 0) is 31.5 Å². The van der Waals surface area contributed by atoms with Gasteiger partial charge in [0.25, 0.3) is 0 Å². The van der Waals surface area contributed by atoms with E-state index in [9.17, 15) is 5.11 Å². The molecule has 0 fully saturated rings. The molecule has 0 saturated carbocycles. The zero-order valence-corrected chi connectivity index (χ0v) is 11.0. The fourth-order valence-corrected chi connectivity index (χ4v) is 2.27. The van der Waals surface area contributed by atoms with Crippen molar-refractivity contribution in [1.29, 1.82) is 0 Å². The van der Waals surface area contributed by atoms with Gasteiger partial charge in [-0.25, -0.2) is 4.68 Å². The van der Waals surface area contributed by atoms with Crippen molar-refractivity contribution in [2.45, 2.75) is 20.5 Å². The number of para-hydroxylation sites is 1. The Kier molecular flexibility index (Phi) is 3.43. The van der Waals surface area contributed by atoms with E-state index in [-0.39, 0.29) is 6.61 Å². The van der Waals surface area contributed by atoms with Gasteiger partial charge in [-0.1, -0.05) is 29.3 Å². The highest BCUT2D eigenvalue weighted by Gasteiger charge is 2.16. The number of hydrogen-bond donors (Lipinski definition) is 1. The molecule has 0 radical (unpaired) electrons. The molecule has 0 aliphatic rings. The molecular formula is C12H12Cl2N2O. The van der Waals surface area contributed by atoms with Gasteiger partial charge in [0, 0.05) is 0 Å². The first kappa shape index (κ1) is 12.4. The Morgan fingerprint density at radius 2 is 1.82 bits per heavy atom. The number of nitrogens with zero attached hydrogens (tertiary/aromatic N) is 2. The minimum atomic E-state index is -0.103. The van der Waals surface area contributed by atoms with Gasteiger partial charge in [0.05, 0.1) is 28.0 Å². The molecule has 0 saturated heterocycles. The number of aliphatic hydroxyl groups excluding tert-OH is 1. The van der Waals surface area contributed by atoms with Crippen LogP contribution >= 0.6 is 23.2 Å². The van der Waals surface area contributed by atoms with Crippen LogP contribution in [0.2, 0.25) is 10.0 Å². The van der Waals surface area contributed by atoms with Crippen LogP contribution in [0.15, 0.2) is 18.2 Å². The lowest BCUT2D eigenvalue weighted by molar-refractivity contribution is 0.272. The van der Waals surface area contributed by atoms with Gasteiger partial charge >= 0.3 is 0 Å². The molecule has 1 aromatic heterocycles. The van der Waals surface area contributed by atoms with E-state index in [0.717, 1.165) is 11.3 Å². The van der Waals surface area contributed by atoms with Crippen LogP contribution in [-0.2, 0) is 6.61 Å². The topological polar surface area (TPSA) is 38.0 Å². The van der Waals surface area contributed by atoms with Crippen LogP contribution in [0.4, 0.5) is 0 Å². The molecule has 0 amide bonds.